The van der Waals surface area contributed by atoms with Crippen molar-refractivity contribution in [3.05, 3.63) is 83.6 Å². The van der Waals surface area contributed by atoms with E-state index in [9.17, 15) is 14.0 Å². The van der Waals surface area contributed by atoms with Gasteiger partial charge in [-0.2, -0.15) is 0 Å². The Bertz CT molecular complexity index is 1340. The maximum absolute atomic E-state index is 15.1. The van der Waals surface area contributed by atoms with Crippen molar-refractivity contribution in [1.82, 2.24) is 14.8 Å². The Morgan fingerprint density at radius 1 is 1.05 bits per heavy atom. The molecule has 0 N–H and O–H groups in total. The average molecular weight is 553 g/mol. The Balaban J connectivity index is 1.35. The largest absolute Gasteiger partial charge is 0.444 e. The minimum atomic E-state index is -0.554. The number of aromatic nitrogens is 1. The fourth-order valence-electron chi connectivity index (χ4n) is 4.44. The summed E-state index contributed by atoms with van der Waals surface area (Å²) < 4.78 is 39.3. The average Bonchev–Trinajstić information content (AvgIpc) is 2.89. The number of benzene rings is 2. The number of piperazine rings is 1. The topological polar surface area (TPSA) is 75.2 Å². The van der Waals surface area contributed by atoms with E-state index in [4.69, 9.17) is 9.47 Å². The smallest absolute Gasteiger partial charge is 0.410 e. The van der Waals surface area contributed by atoms with E-state index in [2.05, 4.69) is 9.88 Å². The summed E-state index contributed by atoms with van der Waals surface area (Å²) in [6.45, 7) is 9.80. The standard InChI is InChI=1S/C30H34F2N4O4/c1-20-18-35(14-15-36(20)29(38)40-30(2,3)4)19-21-6-12-26(25(32)16-21)34(5)28(37)22-7-13-27(33-17-22)39-24-10-8-23(31)9-11-24/h6-13,16-17,20H,14-15,18-19H2,1-5H3/t20-/m0/s1. The van der Waals surface area contributed by atoms with Gasteiger partial charge in [-0.05, 0) is 75.7 Å². The third kappa shape index (κ3) is 7.32. The zero-order valence-corrected chi connectivity index (χ0v) is 23.4. The molecule has 0 bridgehead atoms. The molecule has 10 heteroatoms. The number of nitrogens with zero attached hydrogens (tertiary/aromatic N) is 4. The molecule has 3 aromatic rings. The van der Waals surface area contributed by atoms with E-state index in [-0.39, 0.29) is 35.1 Å². The summed E-state index contributed by atoms with van der Waals surface area (Å²) >= 11 is 0. The first-order chi connectivity index (χ1) is 18.9. The predicted molar refractivity (Wildman–Crippen MR) is 148 cm³/mol. The van der Waals surface area contributed by atoms with E-state index < -0.39 is 17.3 Å². The number of hydrogen-bond acceptors (Lipinski definition) is 6. The molecule has 8 nitrogen and oxygen atoms in total. The highest BCUT2D eigenvalue weighted by Gasteiger charge is 2.31. The fraction of sp³-hybridized carbons (Fsp3) is 0.367. The quantitative estimate of drug-likeness (QED) is 0.381. The fourth-order valence-corrected chi connectivity index (χ4v) is 4.44. The van der Waals surface area contributed by atoms with Gasteiger partial charge in [-0.3, -0.25) is 9.69 Å². The summed E-state index contributed by atoms with van der Waals surface area (Å²) in [5.41, 5.74) is 0.614. The first kappa shape index (κ1) is 28.9. The van der Waals surface area contributed by atoms with Crippen LogP contribution in [0.25, 0.3) is 0 Å². The van der Waals surface area contributed by atoms with Gasteiger partial charge in [0.2, 0.25) is 5.88 Å². The molecule has 40 heavy (non-hydrogen) atoms. The molecule has 2 aromatic carbocycles. The molecule has 1 saturated heterocycles. The van der Waals surface area contributed by atoms with Crippen LogP contribution in [0.3, 0.4) is 0 Å². The van der Waals surface area contributed by atoms with Crippen molar-refractivity contribution >= 4 is 17.7 Å². The summed E-state index contributed by atoms with van der Waals surface area (Å²) in [6.07, 6.45) is 1.02. The van der Waals surface area contributed by atoms with Crippen LogP contribution in [0.2, 0.25) is 0 Å². The molecule has 0 aliphatic carbocycles. The molecule has 0 saturated carbocycles. The highest BCUT2D eigenvalue weighted by molar-refractivity contribution is 6.05. The Morgan fingerprint density at radius 3 is 2.38 bits per heavy atom. The lowest BCUT2D eigenvalue weighted by atomic mass is 10.1. The Morgan fingerprint density at radius 2 is 1.77 bits per heavy atom. The number of pyridine rings is 1. The molecular formula is C30H34F2N4O4. The number of hydrogen-bond donors (Lipinski definition) is 0. The third-order valence-corrected chi connectivity index (χ3v) is 6.44. The number of carbonyl (C=O) groups is 2. The molecular weight excluding hydrogens is 518 g/mol. The van der Waals surface area contributed by atoms with Crippen LogP contribution >= 0.6 is 0 Å². The zero-order chi connectivity index (χ0) is 29.0. The van der Waals surface area contributed by atoms with Gasteiger partial charge in [0.15, 0.2) is 0 Å². The summed E-state index contributed by atoms with van der Waals surface area (Å²) in [4.78, 5) is 34.7. The molecule has 4 rings (SSSR count). The van der Waals surface area contributed by atoms with Crippen LogP contribution in [-0.2, 0) is 11.3 Å². The third-order valence-electron chi connectivity index (χ3n) is 6.44. The monoisotopic (exact) mass is 552 g/mol. The Hall–Kier alpha value is -4.05. The van der Waals surface area contributed by atoms with Gasteiger partial charge in [-0.15, -0.1) is 0 Å². The molecule has 2 amide bonds. The van der Waals surface area contributed by atoms with Crippen LogP contribution in [-0.4, -0.2) is 65.1 Å². The van der Waals surface area contributed by atoms with Crippen LogP contribution in [0.5, 0.6) is 11.6 Å². The van der Waals surface area contributed by atoms with Crippen molar-refractivity contribution < 1.29 is 27.8 Å². The van der Waals surface area contributed by atoms with Gasteiger partial charge in [0.05, 0.1) is 11.3 Å². The maximum atomic E-state index is 15.1. The van der Waals surface area contributed by atoms with Crippen LogP contribution in [0.4, 0.5) is 19.3 Å². The normalized spacial score (nSPS) is 16.0. The van der Waals surface area contributed by atoms with Gasteiger partial charge in [-0.1, -0.05) is 6.07 Å². The summed E-state index contributed by atoms with van der Waals surface area (Å²) in [5, 5.41) is 0. The molecule has 212 valence electrons. The predicted octanol–water partition coefficient (Wildman–Crippen LogP) is 5.87. The highest BCUT2D eigenvalue weighted by atomic mass is 19.1. The van der Waals surface area contributed by atoms with E-state index in [0.29, 0.717) is 31.9 Å². The van der Waals surface area contributed by atoms with Gasteiger partial charge >= 0.3 is 6.09 Å². The molecule has 1 aliphatic heterocycles. The number of ether oxygens (including phenoxy) is 2. The molecule has 1 fully saturated rings. The second kappa shape index (κ2) is 12.0. The van der Waals surface area contributed by atoms with Crippen molar-refractivity contribution in [2.45, 2.75) is 45.9 Å². The second-order valence-corrected chi connectivity index (χ2v) is 10.8. The molecule has 2 heterocycles. The van der Waals surface area contributed by atoms with Gasteiger partial charge in [0.25, 0.3) is 5.91 Å². The Kier molecular flexibility index (Phi) is 8.68. The zero-order valence-electron chi connectivity index (χ0n) is 23.4. The molecule has 0 radical (unpaired) electrons. The van der Waals surface area contributed by atoms with Crippen LogP contribution in [0, 0.1) is 11.6 Å². The SMILES string of the molecule is C[C@H]1CN(Cc2ccc(N(C)C(=O)c3ccc(Oc4ccc(F)cc4)nc3)c(F)c2)CCN1C(=O)OC(C)(C)C. The van der Waals surface area contributed by atoms with Gasteiger partial charge < -0.3 is 19.3 Å². The second-order valence-electron chi connectivity index (χ2n) is 10.8. The first-order valence-corrected chi connectivity index (χ1v) is 13.1. The van der Waals surface area contributed by atoms with E-state index in [1.165, 1.54) is 60.6 Å². The van der Waals surface area contributed by atoms with Gasteiger partial charge in [0, 0.05) is 51.5 Å². The summed E-state index contributed by atoms with van der Waals surface area (Å²) in [6, 6.07) is 13.3. The first-order valence-electron chi connectivity index (χ1n) is 13.1. The van der Waals surface area contributed by atoms with Crippen molar-refractivity contribution in [3.8, 4) is 11.6 Å². The molecule has 1 aliphatic rings. The van der Waals surface area contributed by atoms with Crippen molar-refractivity contribution in [2.24, 2.45) is 0 Å². The van der Waals surface area contributed by atoms with E-state index in [0.717, 1.165) is 5.56 Å². The number of carbonyl (C=O) groups excluding carboxylic acids is 2. The van der Waals surface area contributed by atoms with E-state index in [1.54, 1.807) is 17.0 Å². The lowest BCUT2D eigenvalue weighted by Crippen LogP contribution is -2.54. The van der Waals surface area contributed by atoms with Crippen molar-refractivity contribution in [2.75, 3.05) is 31.6 Å². The van der Waals surface area contributed by atoms with Crippen LogP contribution in [0.15, 0.2) is 60.8 Å². The Labute approximate surface area is 233 Å². The lowest BCUT2D eigenvalue weighted by molar-refractivity contribution is 0.000546. The molecule has 1 aromatic heterocycles. The number of halogens is 2. The van der Waals surface area contributed by atoms with Crippen molar-refractivity contribution in [1.29, 1.82) is 0 Å². The van der Waals surface area contributed by atoms with Crippen LogP contribution in [0.1, 0.15) is 43.6 Å². The summed E-state index contributed by atoms with van der Waals surface area (Å²) in [5.74, 6) is -0.677. The molecule has 1 atom stereocenters. The summed E-state index contributed by atoms with van der Waals surface area (Å²) in [7, 11) is 1.50. The van der Waals surface area contributed by atoms with E-state index in [1.807, 2.05) is 27.7 Å². The number of rotatable bonds is 6. The number of amides is 2. The lowest BCUT2D eigenvalue weighted by Gasteiger charge is -2.40. The van der Waals surface area contributed by atoms with Gasteiger partial charge in [-0.25, -0.2) is 18.6 Å². The number of anilines is 1. The molecule has 0 spiro atoms. The minimum Gasteiger partial charge on any atom is -0.444 e. The maximum Gasteiger partial charge on any atom is 0.410 e. The van der Waals surface area contributed by atoms with Gasteiger partial charge in [0.1, 0.15) is 23.0 Å². The van der Waals surface area contributed by atoms with Crippen molar-refractivity contribution in [3.63, 3.8) is 0 Å². The van der Waals surface area contributed by atoms with E-state index >= 15 is 4.39 Å². The minimum absolute atomic E-state index is 0.0439. The molecule has 0 unspecified atom stereocenters. The van der Waals surface area contributed by atoms with Crippen LogP contribution < -0.4 is 9.64 Å². The highest BCUT2D eigenvalue weighted by Crippen LogP contribution is 2.25.